The van der Waals surface area contributed by atoms with Gasteiger partial charge < -0.3 is 10.5 Å². The first-order valence-corrected chi connectivity index (χ1v) is 7.41. The SMILES string of the molecule is CCCn1ncnc1COc1c(N)cc(Br)cc1C(C)=O. The van der Waals surface area contributed by atoms with Gasteiger partial charge in [-0.25, -0.2) is 9.67 Å². The molecule has 0 unspecified atom stereocenters. The lowest BCUT2D eigenvalue weighted by atomic mass is 10.1. The molecule has 21 heavy (non-hydrogen) atoms. The van der Waals surface area contributed by atoms with Gasteiger partial charge in [-0.1, -0.05) is 22.9 Å². The fourth-order valence-electron chi connectivity index (χ4n) is 1.97. The Morgan fingerprint density at radius 1 is 1.48 bits per heavy atom. The molecule has 112 valence electrons. The molecule has 2 aromatic rings. The lowest BCUT2D eigenvalue weighted by Crippen LogP contribution is -2.11. The van der Waals surface area contributed by atoms with Crippen LogP contribution in [0.4, 0.5) is 5.69 Å². The maximum absolute atomic E-state index is 11.7. The van der Waals surface area contributed by atoms with E-state index in [2.05, 4.69) is 32.9 Å². The summed E-state index contributed by atoms with van der Waals surface area (Å²) in [6.45, 7) is 4.53. The molecular formula is C14H17BrN4O2. The molecular weight excluding hydrogens is 336 g/mol. The Labute approximate surface area is 131 Å². The summed E-state index contributed by atoms with van der Waals surface area (Å²) in [4.78, 5) is 15.9. The fourth-order valence-corrected chi connectivity index (χ4v) is 2.45. The first kappa shape index (κ1) is 15.5. The molecule has 0 radical (unpaired) electrons. The number of ketones is 1. The first-order chi connectivity index (χ1) is 10.0. The second-order valence-corrected chi connectivity index (χ2v) is 5.53. The summed E-state index contributed by atoms with van der Waals surface area (Å²) < 4.78 is 8.25. The van der Waals surface area contributed by atoms with Crippen molar-refractivity contribution in [2.75, 3.05) is 5.73 Å². The molecule has 1 heterocycles. The average molecular weight is 353 g/mol. The number of ether oxygens (including phenoxy) is 1. The van der Waals surface area contributed by atoms with Gasteiger partial charge in [-0.3, -0.25) is 4.79 Å². The fraction of sp³-hybridized carbons (Fsp3) is 0.357. The van der Waals surface area contributed by atoms with Gasteiger partial charge in [0.25, 0.3) is 0 Å². The van der Waals surface area contributed by atoms with Gasteiger partial charge in [-0.15, -0.1) is 0 Å². The van der Waals surface area contributed by atoms with Crippen molar-refractivity contribution in [1.82, 2.24) is 14.8 Å². The van der Waals surface area contributed by atoms with Crippen LogP contribution >= 0.6 is 15.9 Å². The standard InChI is InChI=1S/C14H17BrN4O2/c1-3-4-19-13(17-8-18-19)7-21-14-11(9(2)20)5-10(15)6-12(14)16/h5-6,8H,3-4,7,16H2,1-2H3. The van der Waals surface area contributed by atoms with Crippen LogP contribution in [0.2, 0.25) is 0 Å². The van der Waals surface area contributed by atoms with Crippen molar-refractivity contribution in [3.63, 3.8) is 0 Å². The van der Waals surface area contributed by atoms with E-state index in [0.29, 0.717) is 22.8 Å². The van der Waals surface area contributed by atoms with E-state index in [1.54, 1.807) is 16.8 Å². The molecule has 0 spiro atoms. The lowest BCUT2D eigenvalue weighted by Gasteiger charge is -2.13. The number of hydrogen-bond donors (Lipinski definition) is 1. The molecule has 0 saturated carbocycles. The maximum atomic E-state index is 11.7. The zero-order valence-corrected chi connectivity index (χ0v) is 13.6. The highest BCUT2D eigenvalue weighted by atomic mass is 79.9. The van der Waals surface area contributed by atoms with E-state index in [-0.39, 0.29) is 12.4 Å². The number of hydrogen-bond acceptors (Lipinski definition) is 5. The number of halogens is 1. The molecule has 0 aliphatic carbocycles. The van der Waals surface area contributed by atoms with Gasteiger partial charge >= 0.3 is 0 Å². The molecule has 1 aromatic heterocycles. The van der Waals surface area contributed by atoms with Gasteiger partial charge in [0.1, 0.15) is 12.9 Å². The molecule has 2 N–H and O–H groups in total. The molecule has 0 amide bonds. The normalized spacial score (nSPS) is 10.6. The molecule has 2 rings (SSSR count). The largest absolute Gasteiger partial charge is 0.483 e. The van der Waals surface area contributed by atoms with Crippen LogP contribution in [0.5, 0.6) is 5.75 Å². The maximum Gasteiger partial charge on any atom is 0.164 e. The molecule has 0 aliphatic heterocycles. The van der Waals surface area contributed by atoms with Crippen molar-refractivity contribution in [2.45, 2.75) is 33.4 Å². The van der Waals surface area contributed by atoms with Crippen molar-refractivity contribution in [1.29, 1.82) is 0 Å². The smallest absolute Gasteiger partial charge is 0.164 e. The number of nitrogens with two attached hydrogens (primary N) is 1. The van der Waals surface area contributed by atoms with Crippen molar-refractivity contribution < 1.29 is 9.53 Å². The van der Waals surface area contributed by atoms with Crippen LogP contribution < -0.4 is 10.5 Å². The van der Waals surface area contributed by atoms with Crippen LogP contribution in [-0.4, -0.2) is 20.5 Å². The number of nitrogens with zero attached hydrogens (tertiary/aromatic N) is 3. The first-order valence-electron chi connectivity index (χ1n) is 6.62. The van der Waals surface area contributed by atoms with Crippen LogP contribution in [0, 0.1) is 0 Å². The number of carbonyl (C=O) groups is 1. The third kappa shape index (κ3) is 3.60. The Hall–Kier alpha value is -1.89. The Balaban J connectivity index is 2.23. The van der Waals surface area contributed by atoms with E-state index in [0.717, 1.165) is 17.4 Å². The van der Waals surface area contributed by atoms with Gasteiger partial charge in [0, 0.05) is 11.0 Å². The van der Waals surface area contributed by atoms with Crippen LogP contribution in [0.25, 0.3) is 0 Å². The molecule has 0 atom stereocenters. The van der Waals surface area contributed by atoms with Gasteiger partial charge in [0.15, 0.2) is 17.4 Å². The second kappa shape index (κ2) is 6.71. The number of Topliss-reactive ketones (excluding diaryl/α,β-unsaturated/α-hetero) is 1. The molecule has 6 nitrogen and oxygen atoms in total. The van der Waals surface area contributed by atoms with E-state index >= 15 is 0 Å². The summed E-state index contributed by atoms with van der Waals surface area (Å²) in [5, 5.41) is 4.13. The van der Waals surface area contributed by atoms with E-state index in [9.17, 15) is 4.79 Å². The molecule has 0 saturated heterocycles. The summed E-state index contributed by atoms with van der Waals surface area (Å²) in [7, 11) is 0. The number of aromatic nitrogens is 3. The highest BCUT2D eigenvalue weighted by Crippen LogP contribution is 2.31. The summed E-state index contributed by atoms with van der Waals surface area (Å²) in [5.74, 6) is 0.985. The summed E-state index contributed by atoms with van der Waals surface area (Å²) in [5.41, 5.74) is 6.81. The van der Waals surface area contributed by atoms with E-state index in [1.807, 2.05) is 0 Å². The Kier molecular flexibility index (Phi) is 4.95. The number of nitrogen functional groups attached to an aromatic ring is 1. The minimum Gasteiger partial charge on any atom is -0.483 e. The summed E-state index contributed by atoms with van der Waals surface area (Å²) >= 11 is 3.32. The third-order valence-corrected chi connectivity index (χ3v) is 3.40. The predicted octanol–water partition coefficient (Wildman–Crippen LogP) is 2.81. The lowest BCUT2D eigenvalue weighted by molar-refractivity contribution is 0.101. The molecule has 0 aliphatic rings. The quantitative estimate of drug-likeness (QED) is 0.638. The number of benzene rings is 1. The number of rotatable bonds is 6. The van der Waals surface area contributed by atoms with Crippen molar-refractivity contribution >= 4 is 27.4 Å². The van der Waals surface area contributed by atoms with Crippen LogP contribution in [0.1, 0.15) is 36.5 Å². The Bertz CT molecular complexity index is 654. The average Bonchev–Trinajstić information content (AvgIpc) is 2.85. The Morgan fingerprint density at radius 2 is 2.24 bits per heavy atom. The molecule has 0 fully saturated rings. The summed E-state index contributed by atoms with van der Waals surface area (Å²) in [6.07, 6.45) is 2.45. The highest BCUT2D eigenvalue weighted by molar-refractivity contribution is 9.10. The van der Waals surface area contributed by atoms with Gasteiger partial charge in [-0.2, -0.15) is 5.10 Å². The second-order valence-electron chi connectivity index (χ2n) is 4.62. The predicted molar refractivity (Wildman–Crippen MR) is 83.2 cm³/mol. The van der Waals surface area contributed by atoms with E-state index in [4.69, 9.17) is 10.5 Å². The van der Waals surface area contributed by atoms with Crippen molar-refractivity contribution in [2.24, 2.45) is 0 Å². The molecule has 0 bridgehead atoms. The van der Waals surface area contributed by atoms with Gasteiger partial charge in [0.05, 0.1) is 11.3 Å². The minimum absolute atomic E-state index is 0.104. The van der Waals surface area contributed by atoms with Gasteiger partial charge in [0.2, 0.25) is 0 Å². The van der Waals surface area contributed by atoms with Gasteiger partial charge in [-0.05, 0) is 25.5 Å². The zero-order valence-electron chi connectivity index (χ0n) is 12.0. The van der Waals surface area contributed by atoms with Crippen molar-refractivity contribution in [3.05, 3.63) is 34.3 Å². The van der Waals surface area contributed by atoms with Crippen LogP contribution in [0.3, 0.4) is 0 Å². The molecule has 7 heteroatoms. The number of anilines is 1. The highest BCUT2D eigenvalue weighted by Gasteiger charge is 2.15. The topological polar surface area (TPSA) is 83.0 Å². The third-order valence-electron chi connectivity index (χ3n) is 2.94. The van der Waals surface area contributed by atoms with E-state index in [1.165, 1.54) is 13.3 Å². The zero-order chi connectivity index (χ0) is 15.4. The molecule has 1 aromatic carbocycles. The number of carbonyl (C=O) groups excluding carboxylic acids is 1. The monoisotopic (exact) mass is 352 g/mol. The summed E-state index contributed by atoms with van der Waals surface area (Å²) in [6, 6.07) is 3.41. The van der Waals surface area contributed by atoms with Crippen molar-refractivity contribution in [3.8, 4) is 5.75 Å². The van der Waals surface area contributed by atoms with E-state index < -0.39 is 0 Å². The Morgan fingerprint density at radius 3 is 2.90 bits per heavy atom. The van der Waals surface area contributed by atoms with Crippen LogP contribution in [-0.2, 0) is 13.2 Å². The minimum atomic E-state index is -0.104. The van der Waals surface area contributed by atoms with Crippen LogP contribution in [0.15, 0.2) is 22.9 Å². The number of aryl methyl sites for hydroxylation is 1.